The Kier molecular flexibility index (Phi) is 4.54. The normalized spacial score (nSPS) is 20.3. The van der Waals surface area contributed by atoms with Crippen LogP contribution >= 0.6 is 0 Å². The Morgan fingerprint density at radius 1 is 1.47 bits per heavy atom. The van der Waals surface area contributed by atoms with Crippen molar-refractivity contribution in [2.75, 3.05) is 26.4 Å². The summed E-state index contributed by atoms with van der Waals surface area (Å²) in [5.41, 5.74) is -0.164. The summed E-state index contributed by atoms with van der Waals surface area (Å²) in [6.07, 6.45) is 1.64. The van der Waals surface area contributed by atoms with Gasteiger partial charge in [-0.3, -0.25) is 4.79 Å². The molecule has 2 N–H and O–H groups in total. The molecule has 1 aliphatic heterocycles. The van der Waals surface area contributed by atoms with Gasteiger partial charge in [0.05, 0.1) is 6.61 Å². The summed E-state index contributed by atoms with van der Waals surface area (Å²) >= 11 is 0. The lowest BCUT2D eigenvalue weighted by Gasteiger charge is -2.35. The number of amides is 1. The lowest BCUT2D eigenvalue weighted by atomic mass is 9.81. The molecule has 1 rings (SSSR count). The minimum Gasteiger partial charge on any atom is -0.396 e. The van der Waals surface area contributed by atoms with Crippen LogP contribution in [-0.2, 0) is 9.53 Å². The van der Waals surface area contributed by atoms with Crippen molar-refractivity contribution in [3.8, 4) is 0 Å². The predicted molar refractivity (Wildman–Crippen MR) is 57.4 cm³/mol. The standard InChI is InChI=1S/C11H21NO3/c1-9(2)10(14)12-7-11(8-13)3-5-15-6-4-11/h9,13H,3-8H2,1-2H3,(H,12,14). The number of rotatable bonds is 4. The predicted octanol–water partition coefficient (Wildman–Crippen LogP) is 0.548. The SMILES string of the molecule is CC(C)C(=O)NCC1(CO)CCOCC1. The van der Waals surface area contributed by atoms with Crippen molar-refractivity contribution < 1.29 is 14.6 Å². The molecule has 0 radical (unpaired) electrons. The van der Waals surface area contributed by atoms with Crippen LogP contribution < -0.4 is 5.32 Å². The molecule has 15 heavy (non-hydrogen) atoms. The molecule has 0 saturated carbocycles. The Labute approximate surface area is 91.0 Å². The van der Waals surface area contributed by atoms with Crippen molar-refractivity contribution >= 4 is 5.91 Å². The van der Waals surface area contributed by atoms with Crippen LogP contribution in [0.5, 0.6) is 0 Å². The van der Waals surface area contributed by atoms with Gasteiger partial charge in [-0.05, 0) is 12.8 Å². The third kappa shape index (κ3) is 3.47. The second-order valence-electron chi connectivity index (χ2n) is 4.64. The number of hydrogen-bond acceptors (Lipinski definition) is 3. The van der Waals surface area contributed by atoms with E-state index < -0.39 is 0 Å². The molecule has 0 spiro atoms. The van der Waals surface area contributed by atoms with Crippen LogP contribution in [0.2, 0.25) is 0 Å². The van der Waals surface area contributed by atoms with Gasteiger partial charge in [-0.25, -0.2) is 0 Å². The minimum atomic E-state index is -0.164. The minimum absolute atomic E-state index is 0.000540. The van der Waals surface area contributed by atoms with Crippen LogP contribution in [-0.4, -0.2) is 37.4 Å². The maximum atomic E-state index is 11.4. The Hall–Kier alpha value is -0.610. The summed E-state index contributed by atoms with van der Waals surface area (Å²) in [5.74, 6) is 0.0508. The molecule has 0 bridgehead atoms. The highest BCUT2D eigenvalue weighted by Gasteiger charge is 2.32. The number of hydrogen-bond donors (Lipinski definition) is 2. The molecule has 0 aromatic carbocycles. The van der Waals surface area contributed by atoms with E-state index in [0.717, 1.165) is 12.8 Å². The molecule has 1 heterocycles. The molecule has 1 saturated heterocycles. The highest BCUT2D eigenvalue weighted by molar-refractivity contribution is 5.77. The van der Waals surface area contributed by atoms with Gasteiger partial charge < -0.3 is 15.2 Å². The van der Waals surface area contributed by atoms with E-state index in [9.17, 15) is 9.90 Å². The van der Waals surface area contributed by atoms with E-state index in [0.29, 0.717) is 19.8 Å². The first kappa shape index (κ1) is 12.5. The van der Waals surface area contributed by atoms with E-state index in [1.54, 1.807) is 0 Å². The zero-order valence-electron chi connectivity index (χ0n) is 9.58. The summed E-state index contributed by atoms with van der Waals surface area (Å²) in [6, 6.07) is 0. The van der Waals surface area contributed by atoms with Crippen molar-refractivity contribution in [1.29, 1.82) is 0 Å². The maximum absolute atomic E-state index is 11.4. The van der Waals surface area contributed by atoms with E-state index in [-0.39, 0.29) is 23.8 Å². The molecule has 0 unspecified atom stereocenters. The van der Waals surface area contributed by atoms with Gasteiger partial charge >= 0.3 is 0 Å². The Balaban J connectivity index is 2.42. The lowest BCUT2D eigenvalue weighted by molar-refractivity contribution is -0.125. The Morgan fingerprint density at radius 3 is 2.53 bits per heavy atom. The lowest BCUT2D eigenvalue weighted by Crippen LogP contribution is -2.44. The van der Waals surface area contributed by atoms with Crippen LogP contribution in [0, 0.1) is 11.3 Å². The maximum Gasteiger partial charge on any atom is 0.222 e. The molecule has 1 fully saturated rings. The molecule has 0 aliphatic carbocycles. The van der Waals surface area contributed by atoms with E-state index in [4.69, 9.17) is 4.74 Å². The van der Waals surface area contributed by atoms with Gasteiger partial charge in [0, 0.05) is 31.1 Å². The molecule has 4 heteroatoms. The number of carbonyl (C=O) groups is 1. The van der Waals surface area contributed by atoms with E-state index in [1.165, 1.54) is 0 Å². The molecular formula is C11H21NO3. The van der Waals surface area contributed by atoms with Gasteiger partial charge in [-0.1, -0.05) is 13.8 Å². The monoisotopic (exact) mass is 215 g/mol. The van der Waals surface area contributed by atoms with Crippen LogP contribution in [0.4, 0.5) is 0 Å². The van der Waals surface area contributed by atoms with Crippen molar-refractivity contribution in [2.45, 2.75) is 26.7 Å². The highest BCUT2D eigenvalue weighted by Crippen LogP contribution is 2.28. The molecule has 4 nitrogen and oxygen atoms in total. The average molecular weight is 215 g/mol. The van der Waals surface area contributed by atoms with Crippen LogP contribution in [0.1, 0.15) is 26.7 Å². The number of aliphatic hydroxyl groups is 1. The van der Waals surface area contributed by atoms with E-state index in [2.05, 4.69) is 5.32 Å². The molecule has 0 aromatic rings. The van der Waals surface area contributed by atoms with Crippen LogP contribution in [0.15, 0.2) is 0 Å². The smallest absolute Gasteiger partial charge is 0.222 e. The highest BCUT2D eigenvalue weighted by atomic mass is 16.5. The molecule has 1 amide bonds. The van der Waals surface area contributed by atoms with Crippen molar-refractivity contribution in [1.82, 2.24) is 5.32 Å². The second kappa shape index (κ2) is 5.47. The first-order valence-electron chi connectivity index (χ1n) is 5.56. The second-order valence-corrected chi connectivity index (χ2v) is 4.64. The average Bonchev–Trinajstić information content (AvgIpc) is 2.27. The fourth-order valence-electron chi connectivity index (χ4n) is 1.67. The number of ether oxygens (including phenoxy) is 1. The van der Waals surface area contributed by atoms with Crippen LogP contribution in [0.25, 0.3) is 0 Å². The third-order valence-corrected chi connectivity index (χ3v) is 3.05. The molecule has 0 aromatic heterocycles. The largest absolute Gasteiger partial charge is 0.396 e. The van der Waals surface area contributed by atoms with Gasteiger partial charge in [-0.15, -0.1) is 0 Å². The number of aliphatic hydroxyl groups excluding tert-OH is 1. The summed E-state index contributed by atoms with van der Waals surface area (Å²) in [7, 11) is 0. The zero-order valence-corrected chi connectivity index (χ0v) is 9.58. The fourth-order valence-corrected chi connectivity index (χ4v) is 1.67. The van der Waals surface area contributed by atoms with Crippen molar-refractivity contribution in [3.63, 3.8) is 0 Å². The Morgan fingerprint density at radius 2 is 2.07 bits per heavy atom. The first-order chi connectivity index (χ1) is 7.09. The van der Waals surface area contributed by atoms with Crippen LogP contribution in [0.3, 0.4) is 0 Å². The van der Waals surface area contributed by atoms with E-state index >= 15 is 0 Å². The topological polar surface area (TPSA) is 58.6 Å². The summed E-state index contributed by atoms with van der Waals surface area (Å²) in [5, 5.41) is 12.3. The first-order valence-corrected chi connectivity index (χ1v) is 5.56. The van der Waals surface area contributed by atoms with Crippen molar-refractivity contribution in [2.24, 2.45) is 11.3 Å². The number of carbonyl (C=O) groups excluding carboxylic acids is 1. The summed E-state index contributed by atoms with van der Waals surface area (Å²) in [4.78, 5) is 11.4. The van der Waals surface area contributed by atoms with Crippen molar-refractivity contribution in [3.05, 3.63) is 0 Å². The summed E-state index contributed by atoms with van der Waals surface area (Å²) in [6.45, 7) is 5.77. The summed E-state index contributed by atoms with van der Waals surface area (Å²) < 4.78 is 5.26. The molecule has 0 atom stereocenters. The van der Waals surface area contributed by atoms with Gasteiger partial charge in [0.15, 0.2) is 0 Å². The van der Waals surface area contributed by atoms with Gasteiger partial charge in [0.1, 0.15) is 0 Å². The third-order valence-electron chi connectivity index (χ3n) is 3.05. The fraction of sp³-hybridized carbons (Fsp3) is 0.909. The van der Waals surface area contributed by atoms with Gasteiger partial charge in [0.25, 0.3) is 0 Å². The molecule has 1 aliphatic rings. The molecule has 88 valence electrons. The quantitative estimate of drug-likeness (QED) is 0.720. The molecular weight excluding hydrogens is 194 g/mol. The van der Waals surface area contributed by atoms with E-state index in [1.807, 2.05) is 13.8 Å². The van der Waals surface area contributed by atoms with Gasteiger partial charge in [0.2, 0.25) is 5.91 Å². The Bertz CT molecular complexity index is 210. The number of nitrogens with one attached hydrogen (secondary N) is 1. The zero-order chi connectivity index (χ0) is 11.3. The van der Waals surface area contributed by atoms with Gasteiger partial charge in [-0.2, -0.15) is 0 Å².